The molecule has 0 unspecified atom stereocenters. The summed E-state index contributed by atoms with van der Waals surface area (Å²) < 4.78 is 11.1. The average molecular weight is 377 g/mol. The molecule has 3 aromatic carbocycles. The van der Waals surface area contributed by atoms with Crippen molar-refractivity contribution in [2.45, 2.75) is 12.8 Å². The van der Waals surface area contributed by atoms with Gasteiger partial charge in [-0.15, -0.1) is 0 Å². The second kappa shape index (κ2) is 6.81. The van der Waals surface area contributed by atoms with E-state index >= 15 is 0 Å². The van der Waals surface area contributed by atoms with Crippen molar-refractivity contribution < 1.29 is 24.5 Å². The van der Waals surface area contributed by atoms with E-state index in [0.29, 0.717) is 28.3 Å². The third-order valence-electron chi connectivity index (χ3n) is 4.72. The fourth-order valence-electron chi connectivity index (χ4n) is 3.53. The minimum atomic E-state index is -0.461. The third-order valence-corrected chi connectivity index (χ3v) is 4.72. The molecule has 1 aliphatic heterocycles. The van der Waals surface area contributed by atoms with Gasteiger partial charge >= 0.3 is 5.97 Å². The van der Waals surface area contributed by atoms with Crippen molar-refractivity contribution in [2.24, 2.45) is 0 Å². The molecule has 0 saturated carbocycles. The Labute approximate surface area is 161 Å². The summed E-state index contributed by atoms with van der Waals surface area (Å²) in [5, 5.41) is 19.8. The van der Waals surface area contributed by atoms with Crippen molar-refractivity contribution in [1.29, 1.82) is 0 Å². The molecule has 4 N–H and O–H groups in total. The maximum Gasteiger partial charge on any atom is 0.338 e. The first-order valence-corrected chi connectivity index (χ1v) is 8.88. The van der Waals surface area contributed by atoms with Gasteiger partial charge in [0, 0.05) is 34.9 Å². The van der Waals surface area contributed by atoms with Gasteiger partial charge in [-0.05, 0) is 36.8 Å². The number of phenols is 2. The largest absolute Gasteiger partial charge is 0.508 e. The maximum atomic E-state index is 12.6. The van der Waals surface area contributed by atoms with Gasteiger partial charge in [0.25, 0.3) is 0 Å². The molecule has 6 heteroatoms. The summed E-state index contributed by atoms with van der Waals surface area (Å²) >= 11 is 0. The van der Waals surface area contributed by atoms with Crippen molar-refractivity contribution in [3.8, 4) is 23.0 Å². The third kappa shape index (κ3) is 2.99. The zero-order valence-electron chi connectivity index (χ0n) is 15.2. The zero-order valence-corrected chi connectivity index (χ0v) is 15.2. The van der Waals surface area contributed by atoms with E-state index in [0.717, 1.165) is 11.1 Å². The Balaban J connectivity index is 1.97. The summed E-state index contributed by atoms with van der Waals surface area (Å²) in [7, 11) is 0. The first-order chi connectivity index (χ1) is 13.5. The number of carbonyl (C=O) groups excluding carboxylic acids is 1. The maximum absolute atomic E-state index is 12.6. The lowest BCUT2D eigenvalue weighted by molar-refractivity contribution is 0.0525. The molecule has 0 aromatic heterocycles. The zero-order chi connectivity index (χ0) is 19.8. The molecule has 6 nitrogen and oxygen atoms in total. The summed E-state index contributed by atoms with van der Waals surface area (Å²) in [6.45, 7) is 1.99. The highest BCUT2D eigenvalue weighted by atomic mass is 16.5. The van der Waals surface area contributed by atoms with Gasteiger partial charge in [-0.1, -0.05) is 18.2 Å². The number of nitrogen functional groups attached to an aromatic ring is 1. The highest BCUT2D eigenvalue weighted by Crippen LogP contribution is 2.49. The predicted octanol–water partition coefficient (Wildman–Crippen LogP) is 4.14. The van der Waals surface area contributed by atoms with Gasteiger partial charge in [0.2, 0.25) is 0 Å². The van der Waals surface area contributed by atoms with Crippen LogP contribution in [0, 0.1) is 0 Å². The van der Waals surface area contributed by atoms with Crippen LogP contribution in [-0.2, 0) is 4.74 Å². The van der Waals surface area contributed by atoms with Crippen molar-refractivity contribution in [3.05, 3.63) is 76.9 Å². The standard InChI is InChI=1S/C22H19NO5/c1-2-27-22(26)18-9-12(23)3-6-15(18)21-16-7-4-13(24)10-19(16)28-20-11-14(25)5-8-17(20)21/h3-11,21,24-25H,2,23H2,1H3. The van der Waals surface area contributed by atoms with E-state index in [4.69, 9.17) is 15.2 Å². The van der Waals surface area contributed by atoms with Gasteiger partial charge < -0.3 is 25.4 Å². The smallest absolute Gasteiger partial charge is 0.338 e. The molecular formula is C22H19NO5. The SMILES string of the molecule is CCOC(=O)c1cc(N)ccc1C1c2ccc(O)cc2Oc2cc(O)ccc21. The van der Waals surface area contributed by atoms with Crippen LogP contribution in [0.4, 0.5) is 5.69 Å². The van der Waals surface area contributed by atoms with E-state index < -0.39 is 5.97 Å². The number of phenolic OH excluding ortho intramolecular Hbond substituents is 2. The average Bonchev–Trinajstić information content (AvgIpc) is 2.66. The number of carbonyl (C=O) groups is 1. The Morgan fingerprint density at radius 1 is 0.964 bits per heavy atom. The number of nitrogens with two attached hydrogens (primary N) is 1. The highest BCUT2D eigenvalue weighted by molar-refractivity contribution is 5.93. The van der Waals surface area contributed by atoms with Crippen LogP contribution in [0.1, 0.15) is 39.9 Å². The molecule has 0 fully saturated rings. The lowest BCUT2D eigenvalue weighted by Gasteiger charge is -2.30. The number of hydrogen-bond donors (Lipinski definition) is 3. The molecule has 0 aliphatic carbocycles. The number of benzene rings is 3. The number of esters is 1. The van der Waals surface area contributed by atoms with Gasteiger partial charge in [-0.3, -0.25) is 0 Å². The Bertz CT molecular complexity index is 1030. The predicted molar refractivity (Wildman–Crippen MR) is 104 cm³/mol. The number of aromatic hydroxyl groups is 2. The lowest BCUT2D eigenvalue weighted by atomic mass is 9.80. The Hall–Kier alpha value is -3.67. The van der Waals surface area contributed by atoms with E-state index in [-0.39, 0.29) is 24.0 Å². The lowest BCUT2D eigenvalue weighted by Crippen LogP contribution is -2.16. The molecule has 0 saturated heterocycles. The number of fused-ring (bicyclic) bond motifs is 2. The quantitative estimate of drug-likeness (QED) is 0.366. The molecule has 0 bridgehead atoms. The van der Waals surface area contributed by atoms with E-state index in [1.807, 2.05) is 0 Å². The summed E-state index contributed by atoms with van der Waals surface area (Å²) in [5.74, 6) is 0.203. The van der Waals surface area contributed by atoms with Crippen LogP contribution in [0.25, 0.3) is 0 Å². The van der Waals surface area contributed by atoms with Crippen LogP contribution in [-0.4, -0.2) is 22.8 Å². The normalized spacial score (nSPS) is 12.6. The van der Waals surface area contributed by atoms with Crippen LogP contribution in [0.5, 0.6) is 23.0 Å². The topological polar surface area (TPSA) is 102 Å². The van der Waals surface area contributed by atoms with E-state index in [2.05, 4.69) is 0 Å². The fourth-order valence-corrected chi connectivity index (χ4v) is 3.53. The molecule has 0 radical (unpaired) electrons. The summed E-state index contributed by atoms with van der Waals surface area (Å²) in [6.07, 6.45) is 0. The molecular weight excluding hydrogens is 358 g/mol. The first-order valence-electron chi connectivity index (χ1n) is 8.88. The van der Waals surface area contributed by atoms with Crippen LogP contribution in [0.3, 0.4) is 0 Å². The van der Waals surface area contributed by atoms with Crippen LogP contribution in [0.2, 0.25) is 0 Å². The van der Waals surface area contributed by atoms with Crippen LogP contribution >= 0.6 is 0 Å². The summed E-state index contributed by atoms with van der Waals surface area (Å²) in [6, 6.07) is 14.8. The number of hydrogen-bond acceptors (Lipinski definition) is 6. The van der Waals surface area contributed by atoms with Crippen molar-refractivity contribution >= 4 is 11.7 Å². The van der Waals surface area contributed by atoms with Crippen LogP contribution in [0.15, 0.2) is 54.6 Å². The molecule has 142 valence electrons. The van der Waals surface area contributed by atoms with Crippen molar-refractivity contribution in [2.75, 3.05) is 12.3 Å². The molecule has 4 rings (SSSR count). The molecule has 1 aliphatic rings. The summed E-state index contributed by atoms with van der Waals surface area (Å²) in [4.78, 5) is 12.6. The van der Waals surface area contributed by atoms with Crippen molar-refractivity contribution in [1.82, 2.24) is 0 Å². The van der Waals surface area contributed by atoms with E-state index in [1.54, 1.807) is 49.4 Å². The fraction of sp³-hybridized carbons (Fsp3) is 0.136. The second-order valence-electron chi connectivity index (χ2n) is 6.55. The molecule has 28 heavy (non-hydrogen) atoms. The van der Waals surface area contributed by atoms with Gasteiger partial charge in [0.15, 0.2) is 0 Å². The monoisotopic (exact) mass is 377 g/mol. The minimum Gasteiger partial charge on any atom is -0.508 e. The molecule has 1 heterocycles. The molecule has 0 amide bonds. The number of anilines is 1. The van der Waals surface area contributed by atoms with Crippen LogP contribution < -0.4 is 10.5 Å². The Morgan fingerprint density at radius 2 is 1.54 bits per heavy atom. The van der Waals surface area contributed by atoms with Gasteiger partial charge in [-0.2, -0.15) is 0 Å². The molecule has 0 spiro atoms. The van der Waals surface area contributed by atoms with Gasteiger partial charge in [-0.25, -0.2) is 4.79 Å². The minimum absolute atomic E-state index is 0.0593. The Kier molecular flexibility index (Phi) is 4.31. The van der Waals surface area contributed by atoms with Gasteiger partial charge in [0.1, 0.15) is 23.0 Å². The van der Waals surface area contributed by atoms with E-state index in [1.165, 1.54) is 12.1 Å². The molecule has 0 atom stereocenters. The van der Waals surface area contributed by atoms with E-state index in [9.17, 15) is 15.0 Å². The Morgan fingerprint density at radius 3 is 2.11 bits per heavy atom. The highest BCUT2D eigenvalue weighted by Gasteiger charge is 2.32. The summed E-state index contributed by atoms with van der Waals surface area (Å²) in [5.41, 5.74) is 9.01. The number of ether oxygens (including phenoxy) is 2. The molecule has 3 aromatic rings. The first kappa shape index (κ1) is 17.7. The second-order valence-corrected chi connectivity index (χ2v) is 6.55. The van der Waals surface area contributed by atoms with Crippen molar-refractivity contribution in [3.63, 3.8) is 0 Å². The number of rotatable bonds is 3. The van der Waals surface area contributed by atoms with Gasteiger partial charge in [0.05, 0.1) is 12.2 Å².